The van der Waals surface area contributed by atoms with Crippen molar-refractivity contribution in [3.8, 4) is 11.4 Å². The summed E-state index contributed by atoms with van der Waals surface area (Å²) < 4.78 is 4.23. The molecule has 0 unspecified atom stereocenters. The zero-order valence-electron chi connectivity index (χ0n) is 13.3. The summed E-state index contributed by atoms with van der Waals surface area (Å²) in [5.41, 5.74) is 8.12. The number of nitrogen functional groups attached to an aromatic ring is 1. The smallest absolute Gasteiger partial charge is 0.133 e. The van der Waals surface area contributed by atoms with E-state index in [1.54, 1.807) is 0 Å². The van der Waals surface area contributed by atoms with Gasteiger partial charge in [-0.2, -0.15) is 0 Å². The quantitative estimate of drug-likeness (QED) is 0.935. The molecule has 0 radical (unpaired) electrons. The molecule has 0 saturated carbocycles. The van der Waals surface area contributed by atoms with Crippen molar-refractivity contribution in [2.45, 2.75) is 59.5 Å². The van der Waals surface area contributed by atoms with Crippen LogP contribution in [0, 0.1) is 0 Å². The summed E-state index contributed by atoms with van der Waals surface area (Å²) in [6.07, 6.45) is 4.53. The van der Waals surface area contributed by atoms with Gasteiger partial charge in [0.1, 0.15) is 17.3 Å². The zero-order chi connectivity index (χ0) is 15.1. The lowest BCUT2D eigenvalue weighted by molar-refractivity contribution is 0.389. The molecule has 2 rings (SSSR count). The maximum Gasteiger partial charge on any atom is 0.133 e. The summed E-state index contributed by atoms with van der Waals surface area (Å²) in [6, 6.07) is 0.330. The molecule has 2 N–H and O–H groups in total. The summed E-state index contributed by atoms with van der Waals surface area (Å²) in [4.78, 5) is 9.00. The van der Waals surface area contributed by atoms with Crippen LogP contribution in [0.2, 0.25) is 0 Å². The van der Waals surface area contributed by atoms with E-state index >= 15 is 0 Å². The highest BCUT2D eigenvalue weighted by atomic mass is 15.2. The zero-order valence-corrected chi connectivity index (χ0v) is 13.3. The third-order valence-corrected chi connectivity index (χ3v) is 3.43. The van der Waals surface area contributed by atoms with E-state index in [0.29, 0.717) is 6.04 Å². The van der Waals surface area contributed by atoms with Crippen LogP contribution in [0.3, 0.4) is 0 Å². The molecule has 0 aliphatic rings. The van der Waals surface area contributed by atoms with Crippen LogP contribution in [0.15, 0.2) is 12.5 Å². The van der Waals surface area contributed by atoms with Gasteiger partial charge in [-0.1, -0.05) is 6.92 Å². The topological polar surface area (TPSA) is 61.7 Å². The Labute approximate surface area is 120 Å². The summed E-state index contributed by atoms with van der Waals surface area (Å²) in [5, 5.41) is 0. The maximum atomic E-state index is 6.39. The Kier molecular flexibility index (Phi) is 3.63. The first-order chi connectivity index (χ1) is 9.27. The Morgan fingerprint density at radius 1 is 1.30 bits per heavy atom. The van der Waals surface area contributed by atoms with Gasteiger partial charge in [0.15, 0.2) is 0 Å². The lowest BCUT2D eigenvalue weighted by Crippen LogP contribution is -2.25. The number of hydrogen-bond donors (Lipinski definition) is 1. The van der Waals surface area contributed by atoms with Gasteiger partial charge in [0.2, 0.25) is 0 Å². The first-order valence-electron chi connectivity index (χ1n) is 7.17. The average Bonchev–Trinajstić information content (AvgIpc) is 2.91. The molecule has 0 aliphatic heterocycles. The van der Waals surface area contributed by atoms with Gasteiger partial charge in [-0.15, -0.1) is 0 Å². The normalized spacial score (nSPS) is 12.3. The summed E-state index contributed by atoms with van der Waals surface area (Å²) >= 11 is 0. The minimum atomic E-state index is -0.0800. The predicted octanol–water partition coefficient (Wildman–Crippen LogP) is 3.23. The minimum Gasteiger partial charge on any atom is -0.383 e. The Balaban J connectivity index is 2.65. The van der Waals surface area contributed by atoms with Gasteiger partial charge in [-0.3, -0.25) is 0 Å². The first-order valence-corrected chi connectivity index (χ1v) is 7.17. The van der Waals surface area contributed by atoms with Crippen LogP contribution in [-0.4, -0.2) is 19.1 Å². The van der Waals surface area contributed by atoms with Crippen molar-refractivity contribution in [2.24, 2.45) is 0 Å². The van der Waals surface area contributed by atoms with Crippen LogP contribution in [0.25, 0.3) is 11.4 Å². The molecule has 0 bridgehead atoms. The average molecular weight is 275 g/mol. The number of aryl methyl sites for hydroxylation is 1. The fourth-order valence-electron chi connectivity index (χ4n) is 2.56. The highest BCUT2D eigenvalue weighted by Crippen LogP contribution is 2.32. The fraction of sp³-hybridized carbons (Fsp3) is 0.600. The number of anilines is 1. The molecule has 0 fully saturated rings. The number of imidazole rings is 2. The number of nitrogens with zero attached hydrogens (tertiary/aromatic N) is 4. The number of rotatable bonds is 3. The molecular weight excluding hydrogens is 250 g/mol. The van der Waals surface area contributed by atoms with Gasteiger partial charge >= 0.3 is 0 Å². The Morgan fingerprint density at radius 3 is 2.40 bits per heavy atom. The molecule has 2 heterocycles. The largest absolute Gasteiger partial charge is 0.383 e. The third kappa shape index (κ3) is 2.32. The molecule has 5 heteroatoms. The Bertz CT molecular complexity index is 598. The second kappa shape index (κ2) is 4.96. The van der Waals surface area contributed by atoms with E-state index < -0.39 is 0 Å². The molecule has 2 aromatic rings. The SMILES string of the molecule is CCc1nc(-c2cncn2C(C)C)c(N)n1C(C)(C)C. The van der Waals surface area contributed by atoms with Gasteiger partial charge in [0, 0.05) is 18.0 Å². The van der Waals surface area contributed by atoms with Crippen molar-refractivity contribution in [2.75, 3.05) is 5.73 Å². The van der Waals surface area contributed by atoms with E-state index in [0.717, 1.165) is 29.5 Å². The van der Waals surface area contributed by atoms with E-state index in [1.165, 1.54) is 0 Å². The van der Waals surface area contributed by atoms with Crippen LogP contribution >= 0.6 is 0 Å². The lowest BCUT2D eigenvalue weighted by atomic mass is 10.1. The molecule has 20 heavy (non-hydrogen) atoms. The van der Waals surface area contributed by atoms with E-state index in [4.69, 9.17) is 10.7 Å². The number of aromatic nitrogens is 4. The molecule has 0 amide bonds. The standard InChI is InChI=1S/C15H25N5/c1-7-12-18-13(14(16)20(12)15(4,5)6)11-8-17-9-19(11)10(2)3/h8-10H,7,16H2,1-6H3. The Hall–Kier alpha value is -1.78. The van der Waals surface area contributed by atoms with Crippen LogP contribution in [0.1, 0.15) is 53.4 Å². The Morgan fingerprint density at radius 2 is 1.95 bits per heavy atom. The molecule has 0 aliphatic carbocycles. The van der Waals surface area contributed by atoms with Crippen molar-refractivity contribution >= 4 is 5.82 Å². The molecule has 110 valence electrons. The van der Waals surface area contributed by atoms with E-state index in [9.17, 15) is 0 Å². The highest BCUT2D eigenvalue weighted by Gasteiger charge is 2.25. The highest BCUT2D eigenvalue weighted by molar-refractivity contribution is 5.68. The monoisotopic (exact) mass is 275 g/mol. The molecule has 0 aromatic carbocycles. The van der Waals surface area contributed by atoms with E-state index in [2.05, 4.69) is 55.7 Å². The number of nitrogens with two attached hydrogens (primary N) is 1. The molecule has 0 saturated heterocycles. The van der Waals surface area contributed by atoms with Crippen LogP contribution in [0.4, 0.5) is 5.82 Å². The lowest BCUT2D eigenvalue weighted by Gasteiger charge is -2.24. The predicted molar refractivity (Wildman–Crippen MR) is 82.6 cm³/mol. The van der Waals surface area contributed by atoms with Crippen molar-refractivity contribution in [1.29, 1.82) is 0 Å². The van der Waals surface area contributed by atoms with Crippen LogP contribution in [-0.2, 0) is 12.0 Å². The van der Waals surface area contributed by atoms with E-state index in [1.807, 2.05) is 12.5 Å². The van der Waals surface area contributed by atoms with Gasteiger partial charge in [-0.25, -0.2) is 9.97 Å². The summed E-state index contributed by atoms with van der Waals surface area (Å²) in [7, 11) is 0. The van der Waals surface area contributed by atoms with Crippen molar-refractivity contribution in [3.63, 3.8) is 0 Å². The van der Waals surface area contributed by atoms with Crippen molar-refractivity contribution < 1.29 is 0 Å². The van der Waals surface area contributed by atoms with Gasteiger partial charge in [-0.05, 0) is 34.6 Å². The molecule has 0 atom stereocenters. The van der Waals surface area contributed by atoms with Gasteiger partial charge < -0.3 is 14.9 Å². The summed E-state index contributed by atoms with van der Waals surface area (Å²) in [6.45, 7) is 12.8. The van der Waals surface area contributed by atoms with Gasteiger partial charge in [0.05, 0.1) is 18.2 Å². The molecule has 5 nitrogen and oxygen atoms in total. The second-order valence-corrected chi connectivity index (χ2v) is 6.40. The maximum absolute atomic E-state index is 6.39. The summed E-state index contributed by atoms with van der Waals surface area (Å²) in [5.74, 6) is 1.73. The fourth-order valence-corrected chi connectivity index (χ4v) is 2.56. The van der Waals surface area contributed by atoms with Crippen molar-refractivity contribution in [3.05, 3.63) is 18.3 Å². The van der Waals surface area contributed by atoms with Crippen LogP contribution < -0.4 is 5.73 Å². The van der Waals surface area contributed by atoms with Crippen LogP contribution in [0.5, 0.6) is 0 Å². The molecule has 0 spiro atoms. The minimum absolute atomic E-state index is 0.0800. The van der Waals surface area contributed by atoms with E-state index in [-0.39, 0.29) is 5.54 Å². The number of hydrogen-bond acceptors (Lipinski definition) is 3. The second-order valence-electron chi connectivity index (χ2n) is 6.40. The van der Waals surface area contributed by atoms with Crippen molar-refractivity contribution in [1.82, 2.24) is 19.1 Å². The molecule has 2 aromatic heterocycles. The third-order valence-electron chi connectivity index (χ3n) is 3.43. The molecular formula is C15H25N5. The van der Waals surface area contributed by atoms with Gasteiger partial charge in [0.25, 0.3) is 0 Å². The first kappa shape index (κ1) is 14.6.